The number of rotatable bonds is 5. The molecule has 2 rings (SSSR count). The molecule has 0 aliphatic heterocycles. The molecule has 0 bridgehead atoms. The lowest BCUT2D eigenvalue weighted by Gasteiger charge is -2.08. The van der Waals surface area contributed by atoms with Crippen LogP contribution in [0.3, 0.4) is 0 Å². The van der Waals surface area contributed by atoms with Crippen molar-refractivity contribution in [1.82, 2.24) is 20.1 Å². The van der Waals surface area contributed by atoms with Crippen LogP contribution in [0.5, 0.6) is 0 Å². The lowest BCUT2D eigenvalue weighted by atomic mass is 10.0. The molecule has 1 aromatic heterocycles. The molecule has 1 heterocycles. The summed E-state index contributed by atoms with van der Waals surface area (Å²) in [5, 5.41) is 10.3. The fourth-order valence-electron chi connectivity index (χ4n) is 2.10. The number of benzene rings is 1. The van der Waals surface area contributed by atoms with Crippen LogP contribution in [0.4, 0.5) is 13.2 Å². The van der Waals surface area contributed by atoms with Gasteiger partial charge in [0, 0.05) is 12.6 Å². The third-order valence-electron chi connectivity index (χ3n) is 3.47. The molecule has 0 unspecified atom stereocenters. The van der Waals surface area contributed by atoms with E-state index < -0.39 is 11.7 Å². The first-order valence-electron chi connectivity index (χ1n) is 7.31. The van der Waals surface area contributed by atoms with Crippen molar-refractivity contribution >= 4 is 11.5 Å². The molecule has 0 atom stereocenters. The van der Waals surface area contributed by atoms with Crippen LogP contribution in [0, 0.1) is 0 Å². The lowest BCUT2D eigenvalue weighted by Crippen LogP contribution is -2.22. The van der Waals surface area contributed by atoms with Gasteiger partial charge in [-0.3, -0.25) is 4.79 Å². The molecule has 0 saturated heterocycles. The molecule has 2 aromatic rings. The van der Waals surface area contributed by atoms with Gasteiger partial charge < -0.3 is 9.88 Å². The highest BCUT2D eigenvalue weighted by molar-refractivity contribution is 5.94. The largest absolute Gasteiger partial charge is 0.416 e. The Balaban J connectivity index is 2.00. The number of carbonyl (C=O) groups is 1. The zero-order chi connectivity index (χ0) is 17.7. The fourth-order valence-corrected chi connectivity index (χ4v) is 2.10. The lowest BCUT2D eigenvalue weighted by molar-refractivity contribution is -0.137. The Morgan fingerprint density at radius 3 is 2.54 bits per heavy atom. The molecule has 0 fully saturated rings. The van der Waals surface area contributed by atoms with E-state index in [0.717, 1.165) is 12.1 Å². The van der Waals surface area contributed by atoms with Crippen molar-refractivity contribution in [1.29, 1.82) is 0 Å². The molecule has 24 heavy (non-hydrogen) atoms. The van der Waals surface area contributed by atoms with Gasteiger partial charge in [-0.05, 0) is 37.1 Å². The molecule has 0 saturated carbocycles. The predicted octanol–water partition coefficient (Wildman–Crippen LogP) is 3.04. The molecule has 0 radical (unpaired) electrons. The van der Waals surface area contributed by atoms with Crippen LogP contribution in [0.1, 0.15) is 30.8 Å². The Bertz CT molecular complexity index is 733. The topological polar surface area (TPSA) is 59.8 Å². The van der Waals surface area contributed by atoms with Gasteiger partial charge in [0.25, 0.3) is 0 Å². The van der Waals surface area contributed by atoms with E-state index in [1.165, 1.54) is 18.2 Å². The first kappa shape index (κ1) is 17.7. The smallest absolute Gasteiger partial charge is 0.345 e. The van der Waals surface area contributed by atoms with Crippen molar-refractivity contribution in [2.45, 2.75) is 33.1 Å². The number of aryl methyl sites for hydroxylation is 1. The number of nitrogens with one attached hydrogen (secondary N) is 1. The second kappa shape index (κ2) is 7.29. The Labute approximate surface area is 137 Å². The third-order valence-corrected chi connectivity index (χ3v) is 3.47. The van der Waals surface area contributed by atoms with Crippen LogP contribution in [0.2, 0.25) is 0 Å². The van der Waals surface area contributed by atoms with E-state index in [1.807, 2.05) is 6.92 Å². The number of allylic oxidation sites excluding steroid dienone is 1. The summed E-state index contributed by atoms with van der Waals surface area (Å²) in [6.07, 6.45) is -1.46. The van der Waals surface area contributed by atoms with Crippen molar-refractivity contribution in [3.8, 4) is 0 Å². The molecule has 128 valence electrons. The molecule has 0 spiro atoms. The molecular formula is C16H17F3N4O. The minimum absolute atomic E-state index is 0.226. The monoisotopic (exact) mass is 338 g/mol. The second-order valence-corrected chi connectivity index (χ2v) is 5.15. The quantitative estimate of drug-likeness (QED) is 0.853. The number of carbonyl (C=O) groups excluding carboxylic acids is 1. The van der Waals surface area contributed by atoms with Gasteiger partial charge in [0.1, 0.15) is 6.33 Å². The Hall–Kier alpha value is -2.64. The molecule has 8 heteroatoms. The zero-order valence-corrected chi connectivity index (χ0v) is 13.3. The van der Waals surface area contributed by atoms with Gasteiger partial charge in [-0.25, -0.2) is 0 Å². The maximum Gasteiger partial charge on any atom is 0.416 e. The average molecular weight is 338 g/mol. The van der Waals surface area contributed by atoms with Gasteiger partial charge in [-0.1, -0.05) is 12.1 Å². The van der Waals surface area contributed by atoms with Crippen molar-refractivity contribution in [2.75, 3.05) is 0 Å². The summed E-state index contributed by atoms with van der Waals surface area (Å²) >= 11 is 0. The van der Waals surface area contributed by atoms with Crippen molar-refractivity contribution < 1.29 is 18.0 Å². The summed E-state index contributed by atoms with van der Waals surface area (Å²) in [6, 6.07) is 4.67. The Morgan fingerprint density at radius 1 is 1.29 bits per heavy atom. The number of hydrogen-bond donors (Lipinski definition) is 1. The van der Waals surface area contributed by atoms with Gasteiger partial charge in [-0.15, -0.1) is 10.2 Å². The van der Waals surface area contributed by atoms with Crippen LogP contribution in [-0.2, 0) is 24.1 Å². The summed E-state index contributed by atoms with van der Waals surface area (Å²) in [6.45, 7) is 4.52. The number of halogens is 3. The first-order valence-corrected chi connectivity index (χ1v) is 7.31. The van der Waals surface area contributed by atoms with Crippen LogP contribution in [0.25, 0.3) is 5.57 Å². The second-order valence-electron chi connectivity index (χ2n) is 5.15. The van der Waals surface area contributed by atoms with Crippen molar-refractivity contribution in [2.24, 2.45) is 0 Å². The van der Waals surface area contributed by atoms with E-state index in [-0.39, 0.29) is 12.5 Å². The zero-order valence-electron chi connectivity index (χ0n) is 13.3. The number of nitrogens with zero attached hydrogens (tertiary/aromatic N) is 3. The molecule has 1 N–H and O–H groups in total. The molecule has 5 nitrogen and oxygen atoms in total. The highest BCUT2D eigenvalue weighted by atomic mass is 19.4. The average Bonchev–Trinajstić information content (AvgIpc) is 2.99. The predicted molar refractivity (Wildman–Crippen MR) is 82.6 cm³/mol. The van der Waals surface area contributed by atoms with E-state index in [2.05, 4.69) is 15.5 Å². The number of amides is 1. The molecule has 1 amide bonds. The molecule has 0 aliphatic rings. The third kappa shape index (κ3) is 4.43. The van der Waals surface area contributed by atoms with Gasteiger partial charge in [0.2, 0.25) is 5.91 Å². The highest BCUT2D eigenvalue weighted by Crippen LogP contribution is 2.29. The molecule has 1 aromatic carbocycles. The first-order chi connectivity index (χ1) is 11.3. The van der Waals surface area contributed by atoms with Crippen molar-refractivity contribution in [3.05, 3.63) is 53.6 Å². The van der Waals surface area contributed by atoms with E-state index in [9.17, 15) is 18.0 Å². The number of alkyl halides is 3. The summed E-state index contributed by atoms with van der Waals surface area (Å²) in [5.74, 6) is 0.282. The summed E-state index contributed by atoms with van der Waals surface area (Å²) in [4.78, 5) is 11.9. The van der Waals surface area contributed by atoms with Gasteiger partial charge >= 0.3 is 6.18 Å². The van der Waals surface area contributed by atoms with Gasteiger partial charge in [-0.2, -0.15) is 13.2 Å². The van der Waals surface area contributed by atoms with Gasteiger partial charge in [0.15, 0.2) is 5.82 Å². The van der Waals surface area contributed by atoms with Crippen LogP contribution in [0.15, 0.2) is 36.7 Å². The Kier molecular flexibility index (Phi) is 5.38. The van der Waals surface area contributed by atoms with E-state index in [4.69, 9.17) is 0 Å². The molecular weight excluding hydrogens is 321 g/mol. The summed E-state index contributed by atoms with van der Waals surface area (Å²) in [5.41, 5.74) is 0.399. The van der Waals surface area contributed by atoms with Crippen LogP contribution >= 0.6 is 0 Å². The molecule has 0 aliphatic carbocycles. The van der Waals surface area contributed by atoms with Gasteiger partial charge in [0.05, 0.1) is 12.1 Å². The van der Waals surface area contributed by atoms with E-state index >= 15 is 0 Å². The van der Waals surface area contributed by atoms with E-state index in [1.54, 1.807) is 17.8 Å². The fraction of sp³-hybridized carbons (Fsp3) is 0.312. The van der Waals surface area contributed by atoms with Crippen LogP contribution < -0.4 is 5.32 Å². The minimum Gasteiger partial charge on any atom is -0.345 e. The number of hydrogen-bond acceptors (Lipinski definition) is 3. The number of aromatic nitrogens is 3. The summed E-state index contributed by atoms with van der Waals surface area (Å²) < 4.78 is 39.4. The minimum atomic E-state index is -4.37. The maximum atomic E-state index is 12.5. The van der Waals surface area contributed by atoms with E-state index in [0.29, 0.717) is 23.5 Å². The highest BCUT2D eigenvalue weighted by Gasteiger charge is 2.29. The maximum absolute atomic E-state index is 12.5. The van der Waals surface area contributed by atoms with Crippen LogP contribution in [-0.4, -0.2) is 20.7 Å². The SMILES string of the molecule is CCn1cnnc1CNC(=O)/C=C(/C)c1ccc(C(F)(F)F)cc1. The Morgan fingerprint density at radius 2 is 1.96 bits per heavy atom. The normalized spacial score (nSPS) is 12.3. The summed E-state index contributed by atoms with van der Waals surface area (Å²) in [7, 11) is 0. The standard InChI is InChI=1S/C16H17F3N4O/c1-3-23-10-21-22-14(23)9-20-15(24)8-11(2)12-4-6-13(7-5-12)16(17,18)19/h4-8,10H,3,9H2,1-2H3,(H,20,24)/b11-8-. The van der Waals surface area contributed by atoms with Crippen molar-refractivity contribution in [3.63, 3.8) is 0 Å².